The van der Waals surface area contributed by atoms with Crippen molar-refractivity contribution in [2.75, 3.05) is 0 Å². The average Bonchev–Trinajstić information content (AvgIpc) is 2.86. The third kappa shape index (κ3) is 1.82. The number of hydrogen-bond donors (Lipinski definition) is 2. The number of aromatic amines is 1. The van der Waals surface area contributed by atoms with Gasteiger partial charge in [0.2, 0.25) is 0 Å². The van der Waals surface area contributed by atoms with Crippen LogP contribution in [0, 0.1) is 13.8 Å². The van der Waals surface area contributed by atoms with Gasteiger partial charge < -0.3 is 10.7 Å². The molecule has 0 aliphatic rings. The van der Waals surface area contributed by atoms with Crippen molar-refractivity contribution in [3.05, 3.63) is 35.4 Å². The highest BCUT2D eigenvalue weighted by Gasteiger charge is 2.14. The molecule has 0 atom stereocenters. The zero-order valence-corrected chi connectivity index (χ0v) is 11.4. The number of aryl methyl sites for hydroxylation is 3. The molecule has 0 unspecified atom stereocenters. The first-order chi connectivity index (χ1) is 9.10. The second kappa shape index (κ2) is 4.20. The molecule has 5 nitrogen and oxygen atoms in total. The maximum absolute atomic E-state index is 5.84. The fraction of sp³-hybridized carbons (Fsp3) is 0.286. The molecule has 0 bridgehead atoms. The average molecular weight is 255 g/mol. The summed E-state index contributed by atoms with van der Waals surface area (Å²) < 4.78 is 1.85. The Bertz CT molecular complexity index is 751. The number of nitrogens with one attached hydrogen (secondary N) is 1. The highest BCUT2D eigenvalue weighted by molar-refractivity contribution is 5.83. The van der Waals surface area contributed by atoms with Crippen LogP contribution in [0.3, 0.4) is 0 Å². The van der Waals surface area contributed by atoms with E-state index in [-0.39, 0.29) is 0 Å². The smallest absolute Gasteiger partial charge is 0.104 e. The van der Waals surface area contributed by atoms with Gasteiger partial charge in [-0.25, -0.2) is 4.98 Å². The molecule has 0 amide bonds. The number of hydrogen-bond acceptors (Lipinski definition) is 3. The molecule has 5 heteroatoms. The van der Waals surface area contributed by atoms with Gasteiger partial charge in [-0.1, -0.05) is 6.07 Å². The Kier molecular flexibility index (Phi) is 2.64. The summed E-state index contributed by atoms with van der Waals surface area (Å²) >= 11 is 0. The van der Waals surface area contributed by atoms with Crippen LogP contribution in [0.1, 0.15) is 17.2 Å². The molecule has 0 spiro atoms. The number of benzene rings is 1. The minimum Gasteiger partial charge on any atom is -0.342 e. The molecule has 98 valence electrons. The van der Waals surface area contributed by atoms with Crippen molar-refractivity contribution in [2.45, 2.75) is 20.4 Å². The number of rotatable bonds is 2. The van der Waals surface area contributed by atoms with E-state index in [1.165, 1.54) is 0 Å². The zero-order valence-electron chi connectivity index (χ0n) is 11.4. The molecule has 0 radical (unpaired) electrons. The number of imidazole rings is 1. The van der Waals surface area contributed by atoms with Gasteiger partial charge in [0.05, 0.1) is 22.4 Å². The van der Waals surface area contributed by atoms with Crippen molar-refractivity contribution in [1.82, 2.24) is 19.7 Å². The number of fused-ring (bicyclic) bond motifs is 1. The van der Waals surface area contributed by atoms with Crippen molar-refractivity contribution in [3.63, 3.8) is 0 Å². The Labute approximate surface area is 111 Å². The second-order valence-corrected chi connectivity index (χ2v) is 4.79. The van der Waals surface area contributed by atoms with Crippen LogP contribution in [-0.2, 0) is 13.6 Å². The van der Waals surface area contributed by atoms with Crippen LogP contribution in [-0.4, -0.2) is 19.7 Å². The molecule has 0 fully saturated rings. The van der Waals surface area contributed by atoms with Crippen molar-refractivity contribution in [1.29, 1.82) is 0 Å². The van der Waals surface area contributed by atoms with E-state index < -0.39 is 0 Å². The molecule has 3 rings (SSSR count). The first kappa shape index (κ1) is 11.9. The van der Waals surface area contributed by atoms with Crippen LogP contribution >= 0.6 is 0 Å². The first-order valence-electron chi connectivity index (χ1n) is 6.29. The van der Waals surface area contributed by atoms with Crippen LogP contribution in [0.4, 0.5) is 0 Å². The monoisotopic (exact) mass is 255 g/mol. The molecule has 1 aromatic carbocycles. The molecular formula is C14H17N5. The van der Waals surface area contributed by atoms with Gasteiger partial charge in [0, 0.05) is 19.2 Å². The largest absolute Gasteiger partial charge is 0.342 e. The van der Waals surface area contributed by atoms with Crippen LogP contribution in [0.15, 0.2) is 18.2 Å². The maximum Gasteiger partial charge on any atom is 0.104 e. The third-order valence-corrected chi connectivity index (χ3v) is 3.42. The fourth-order valence-corrected chi connectivity index (χ4v) is 2.61. The van der Waals surface area contributed by atoms with E-state index in [0.29, 0.717) is 6.54 Å². The van der Waals surface area contributed by atoms with Crippen LogP contribution < -0.4 is 5.73 Å². The fourth-order valence-electron chi connectivity index (χ4n) is 2.61. The van der Waals surface area contributed by atoms with E-state index >= 15 is 0 Å². The van der Waals surface area contributed by atoms with Gasteiger partial charge in [0.25, 0.3) is 0 Å². The minimum absolute atomic E-state index is 0.479. The molecule has 19 heavy (non-hydrogen) atoms. The molecule has 3 N–H and O–H groups in total. The second-order valence-electron chi connectivity index (χ2n) is 4.79. The molecule has 3 aromatic rings. The molecule has 0 aliphatic carbocycles. The summed E-state index contributed by atoms with van der Waals surface area (Å²) in [5.41, 5.74) is 12.2. The van der Waals surface area contributed by atoms with Crippen molar-refractivity contribution < 1.29 is 0 Å². The highest BCUT2D eigenvalue weighted by Crippen LogP contribution is 2.29. The summed E-state index contributed by atoms with van der Waals surface area (Å²) in [7, 11) is 1.93. The first-order valence-corrected chi connectivity index (χ1v) is 6.29. The van der Waals surface area contributed by atoms with E-state index in [9.17, 15) is 0 Å². The number of H-pyrrole nitrogens is 1. The van der Waals surface area contributed by atoms with Crippen LogP contribution in [0.5, 0.6) is 0 Å². The molecule has 0 aliphatic heterocycles. The molecule has 2 heterocycles. The Balaban J connectivity index is 2.23. The molecule has 0 saturated heterocycles. The number of aromatic nitrogens is 4. The topological polar surface area (TPSA) is 72.5 Å². The lowest BCUT2D eigenvalue weighted by atomic mass is 10.0. The lowest BCUT2D eigenvalue weighted by molar-refractivity contribution is 0.706. The van der Waals surface area contributed by atoms with Gasteiger partial charge in [-0.15, -0.1) is 0 Å². The summed E-state index contributed by atoms with van der Waals surface area (Å²) in [6.07, 6.45) is 0. The summed E-state index contributed by atoms with van der Waals surface area (Å²) in [5, 5.41) is 4.45. The Morgan fingerprint density at radius 2 is 2.11 bits per heavy atom. The molecule has 0 saturated carbocycles. The molecule has 2 aromatic heterocycles. The van der Waals surface area contributed by atoms with Gasteiger partial charge in [0.1, 0.15) is 5.82 Å². The highest BCUT2D eigenvalue weighted by atomic mass is 15.3. The van der Waals surface area contributed by atoms with E-state index in [4.69, 9.17) is 5.73 Å². The number of nitrogens with two attached hydrogens (primary N) is 1. The lowest BCUT2D eigenvalue weighted by Gasteiger charge is -2.04. The van der Waals surface area contributed by atoms with Crippen molar-refractivity contribution >= 4 is 11.0 Å². The predicted molar refractivity (Wildman–Crippen MR) is 75.7 cm³/mol. The Hall–Kier alpha value is -2.14. The van der Waals surface area contributed by atoms with E-state index in [1.54, 1.807) is 0 Å². The van der Waals surface area contributed by atoms with Crippen LogP contribution in [0.25, 0.3) is 22.2 Å². The van der Waals surface area contributed by atoms with Crippen molar-refractivity contribution in [2.24, 2.45) is 12.8 Å². The van der Waals surface area contributed by atoms with Gasteiger partial charge in [-0.2, -0.15) is 5.10 Å². The van der Waals surface area contributed by atoms with E-state index in [2.05, 4.69) is 27.2 Å². The normalized spacial score (nSPS) is 11.4. The molecular weight excluding hydrogens is 238 g/mol. The van der Waals surface area contributed by atoms with E-state index in [0.717, 1.165) is 39.4 Å². The van der Waals surface area contributed by atoms with Crippen LogP contribution in [0.2, 0.25) is 0 Å². The third-order valence-electron chi connectivity index (χ3n) is 3.42. The van der Waals surface area contributed by atoms with E-state index in [1.807, 2.05) is 31.6 Å². The standard InChI is InChI=1S/C14H17N5/c1-8-14(13(7-15)19(3)18-8)10-4-5-11-12(6-10)17-9(2)16-11/h4-6H,7,15H2,1-3H3,(H,16,17). The lowest BCUT2D eigenvalue weighted by Crippen LogP contribution is -2.05. The predicted octanol–water partition coefficient (Wildman–Crippen LogP) is 2.04. The van der Waals surface area contributed by atoms with Crippen molar-refractivity contribution in [3.8, 4) is 11.1 Å². The Morgan fingerprint density at radius 1 is 1.32 bits per heavy atom. The SMILES string of the molecule is Cc1nc2ccc(-c3c(C)nn(C)c3CN)cc2[nH]1. The zero-order chi connectivity index (χ0) is 13.6. The van der Waals surface area contributed by atoms with Gasteiger partial charge in [-0.3, -0.25) is 4.68 Å². The summed E-state index contributed by atoms with van der Waals surface area (Å²) in [6, 6.07) is 6.21. The minimum atomic E-state index is 0.479. The van der Waals surface area contributed by atoms with Gasteiger partial charge >= 0.3 is 0 Å². The maximum atomic E-state index is 5.84. The summed E-state index contributed by atoms with van der Waals surface area (Å²) in [6.45, 7) is 4.45. The number of nitrogens with zero attached hydrogens (tertiary/aromatic N) is 3. The van der Waals surface area contributed by atoms with Gasteiger partial charge in [0.15, 0.2) is 0 Å². The quantitative estimate of drug-likeness (QED) is 0.736. The Morgan fingerprint density at radius 3 is 2.84 bits per heavy atom. The summed E-state index contributed by atoms with van der Waals surface area (Å²) in [5.74, 6) is 0.925. The van der Waals surface area contributed by atoms with Gasteiger partial charge in [-0.05, 0) is 31.5 Å². The summed E-state index contributed by atoms with van der Waals surface area (Å²) in [4.78, 5) is 7.68.